The first-order valence-electron chi connectivity index (χ1n) is 7.61. The van der Waals surface area contributed by atoms with Crippen LogP contribution in [0.15, 0.2) is 30.3 Å². The molecular weight excluding hydrogens is 340 g/mol. The van der Waals surface area contributed by atoms with E-state index in [9.17, 15) is 9.59 Å². The predicted octanol–water partition coefficient (Wildman–Crippen LogP) is 2.80. The Bertz CT molecular complexity index is 779. The van der Waals surface area contributed by atoms with Crippen LogP contribution in [0.1, 0.15) is 20.7 Å². The zero-order valence-corrected chi connectivity index (χ0v) is 15.2. The minimum absolute atomic E-state index is 0.117. The standard InChI is InChI=1S/C19H20O7/c1-22-13-6-11(7-14(10-13)23-2)17(20)18(21)12-8-15(24-3)19(26-5)16(9-12)25-4/h6-10H,1-5H3. The summed E-state index contributed by atoms with van der Waals surface area (Å²) in [4.78, 5) is 25.4. The number of carbonyl (C=O) groups is 2. The van der Waals surface area contributed by atoms with E-state index >= 15 is 0 Å². The van der Waals surface area contributed by atoms with E-state index in [1.165, 1.54) is 59.8 Å². The number of benzene rings is 2. The second-order valence-electron chi connectivity index (χ2n) is 5.17. The Kier molecular flexibility index (Phi) is 6.06. The second kappa shape index (κ2) is 8.24. The van der Waals surface area contributed by atoms with E-state index in [4.69, 9.17) is 23.7 Å². The highest BCUT2D eigenvalue weighted by atomic mass is 16.5. The van der Waals surface area contributed by atoms with Crippen LogP contribution in [0.5, 0.6) is 28.7 Å². The Labute approximate surface area is 151 Å². The van der Waals surface area contributed by atoms with Gasteiger partial charge < -0.3 is 23.7 Å². The van der Waals surface area contributed by atoms with Crippen LogP contribution in [0.25, 0.3) is 0 Å². The van der Waals surface area contributed by atoms with Crippen LogP contribution >= 0.6 is 0 Å². The number of rotatable bonds is 8. The number of methoxy groups -OCH3 is 5. The summed E-state index contributed by atoms with van der Waals surface area (Å²) < 4.78 is 25.9. The second-order valence-corrected chi connectivity index (χ2v) is 5.17. The van der Waals surface area contributed by atoms with Crippen molar-refractivity contribution < 1.29 is 33.3 Å². The van der Waals surface area contributed by atoms with Crippen LogP contribution in [0.3, 0.4) is 0 Å². The summed E-state index contributed by atoms with van der Waals surface area (Å²) in [7, 11) is 7.24. The fourth-order valence-corrected chi connectivity index (χ4v) is 2.41. The number of Topliss-reactive ketones (excluding diaryl/α,β-unsaturated/α-hetero) is 2. The van der Waals surface area contributed by atoms with Crippen LogP contribution in [-0.4, -0.2) is 47.1 Å². The summed E-state index contributed by atoms with van der Waals surface area (Å²) in [6, 6.07) is 7.42. The van der Waals surface area contributed by atoms with Crippen molar-refractivity contribution in [3.63, 3.8) is 0 Å². The maximum atomic E-state index is 12.7. The summed E-state index contributed by atoms with van der Waals surface area (Å²) in [5, 5.41) is 0. The Morgan fingerprint density at radius 1 is 0.577 bits per heavy atom. The van der Waals surface area contributed by atoms with Gasteiger partial charge in [0.2, 0.25) is 17.3 Å². The normalized spacial score (nSPS) is 10.0. The third-order valence-electron chi connectivity index (χ3n) is 3.75. The number of ether oxygens (including phenoxy) is 5. The molecule has 0 spiro atoms. The Morgan fingerprint density at radius 3 is 1.35 bits per heavy atom. The maximum Gasteiger partial charge on any atom is 0.233 e. The van der Waals surface area contributed by atoms with Crippen molar-refractivity contribution in [1.82, 2.24) is 0 Å². The van der Waals surface area contributed by atoms with E-state index in [2.05, 4.69) is 0 Å². The number of hydrogen-bond acceptors (Lipinski definition) is 7. The first-order chi connectivity index (χ1) is 12.5. The summed E-state index contributed by atoms with van der Waals surface area (Å²) in [6.45, 7) is 0. The highest BCUT2D eigenvalue weighted by molar-refractivity contribution is 6.49. The zero-order valence-electron chi connectivity index (χ0n) is 15.2. The molecule has 0 heterocycles. The van der Waals surface area contributed by atoms with E-state index in [0.29, 0.717) is 17.2 Å². The lowest BCUT2D eigenvalue weighted by molar-refractivity contribution is 0.0816. The van der Waals surface area contributed by atoms with Gasteiger partial charge >= 0.3 is 0 Å². The Morgan fingerprint density at radius 2 is 1.00 bits per heavy atom. The van der Waals surface area contributed by atoms with Gasteiger partial charge in [0.15, 0.2) is 11.5 Å². The molecule has 0 atom stereocenters. The Hall–Kier alpha value is -3.22. The van der Waals surface area contributed by atoms with Crippen LogP contribution in [0, 0.1) is 0 Å². The molecule has 26 heavy (non-hydrogen) atoms. The van der Waals surface area contributed by atoms with Crippen molar-refractivity contribution in [3.05, 3.63) is 41.5 Å². The van der Waals surface area contributed by atoms with Crippen molar-refractivity contribution in [2.45, 2.75) is 0 Å². The maximum absolute atomic E-state index is 12.7. The molecule has 0 fully saturated rings. The van der Waals surface area contributed by atoms with Crippen molar-refractivity contribution in [2.75, 3.05) is 35.5 Å². The topological polar surface area (TPSA) is 80.3 Å². The lowest BCUT2D eigenvalue weighted by Gasteiger charge is -2.13. The summed E-state index contributed by atoms with van der Waals surface area (Å²) in [6.07, 6.45) is 0. The first-order valence-corrected chi connectivity index (χ1v) is 7.61. The van der Waals surface area contributed by atoms with E-state index < -0.39 is 11.6 Å². The monoisotopic (exact) mass is 360 g/mol. The molecule has 138 valence electrons. The molecular formula is C19H20O7. The minimum atomic E-state index is -0.723. The Balaban J connectivity index is 2.47. The van der Waals surface area contributed by atoms with Gasteiger partial charge in [0.25, 0.3) is 0 Å². The summed E-state index contributed by atoms with van der Waals surface area (Å²) in [5.41, 5.74) is 0.270. The fourth-order valence-electron chi connectivity index (χ4n) is 2.41. The SMILES string of the molecule is COc1cc(OC)cc(C(=O)C(=O)c2cc(OC)c(OC)c(OC)c2)c1. The van der Waals surface area contributed by atoms with Crippen LogP contribution in [0.4, 0.5) is 0 Å². The first kappa shape index (κ1) is 19.1. The van der Waals surface area contributed by atoms with Crippen molar-refractivity contribution >= 4 is 11.6 Å². The molecule has 0 unspecified atom stereocenters. The summed E-state index contributed by atoms with van der Waals surface area (Å²) >= 11 is 0. The minimum Gasteiger partial charge on any atom is -0.497 e. The summed E-state index contributed by atoms with van der Waals surface area (Å²) in [5.74, 6) is 0.284. The highest BCUT2D eigenvalue weighted by Crippen LogP contribution is 2.38. The molecule has 0 amide bonds. The molecule has 2 aromatic rings. The quantitative estimate of drug-likeness (QED) is 0.529. The fraction of sp³-hybridized carbons (Fsp3) is 0.263. The molecule has 2 rings (SSSR count). The van der Waals surface area contributed by atoms with Gasteiger partial charge in [-0.3, -0.25) is 9.59 Å². The van der Waals surface area contributed by atoms with E-state index in [-0.39, 0.29) is 22.6 Å². The third-order valence-corrected chi connectivity index (χ3v) is 3.75. The van der Waals surface area contributed by atoms with Gasteiger partial charge in [-0.2, -0.15) is 0 Å². The molecule has 0 radical (unpaired) electrons. The number of hydrogen-bond donors (Lipinski definition) is 0. The zero-order chi connectivity index (χ0) is 19.3. The lowest BCUT2D eigenvalue weighted by Crippen LogP contribution is -2.15. The largest absolute Gasteiger partial charge is 0.497 e. The smallest absolute Gasteiger partial charge is 0.233 e. The molecule has 0 saturated carbocycles. The number of ketones is 2. The van der Waals surface area contributed by atoms with Crippen molar-refractivity contribution in [3.8, 4) is 28.7 Å². The van der Waals surface area contributed by atoms with Gasteiger partial charge in [0.1, 0.15) is 11.5 Å². The van der Waals surface area contributed by atoms with Gasteiger partial charge in [0.05, 0.1) is 35.5 Å². The van der Waals surface area contributed by atoms with Crippen molar-refractivity contribution in [1.29, 1.82) is 0 Å². The predicted molar refractivity (Wildman–Crippen MR) is 94.3 cm³/mol. The molecule has 0 aliphatic heterocycles. The molecule has 0 bridgehead atoms. The van der Waals surface area contributed by atoms with Gasteiger partial charge in [0, 0.05) is 17.2 Å². The van der Waals surface area contributed by atoms with E-state index in [0.717, 1.165) is 0 Å². The van der Waals surface area contributed by atoms with Gasteiger partial charge in [-0.05, 0) is 24.3 Å². The average Bonchev–Trinajstić information content (AvgIpc) is 2.70. The molecule has 0 saturated heterocycles. The highest BCUT2D eigenvalue weighted by Gasteiger charge is 2.23. The molecule has 0 N–H and O–H groups in total. The molecule has 0 aromatic heterocycles. The van der Waals surface area contributed by atoms with Gasteiger partial charge in [-0.25, -0.2) is 0 Å². The van der Waals surface area contributed by atoms with Gasteiger partial charge in [-0.1, -0.05) is 0 Å². The number of carbonyl (C=O) groups excluding carboxylic acids is 2. The van der Waals surface area contributed by atoms with Crippen molar-refractivity contribution in [2.24, 2.45) is 0 Å². The molecule has 0 aliphatic carbocycles. The van der Waals surface area contributed by atoms with Crippen LogP contribution in [0.2, 0.25) is 0 Å². The lowest BCUT2D eigenvalue weighted by atomic mass is 10.00. The van der Waals surface area contributed by atoms with E-state index in [1.807, 2.05) is 0 Å². The van der Waals surface area contributed by atoms with Crippen LogP contribution < -0.4 is 23.7 Å². The molecule has 2 aromatic carbocycles. The van der Waals surface area contributed by atoms with E-state index in [1.54, 1.807) is 6.07 Å². The average molecular weight is 360 g/mol. The third kappa shape index (κ3) is 3.72. The molecule has 7 nitrogen and oxygen atoms in total. The van der Waals surface area contributed by atoms with Gasteiger partial charge in [-0.15, -0.1) is 0 Å². The molecule has 7 heteroatoms. The van der Waals surface area contributed by atoms with Crippen LogP contribution in [-0.2, 0) is 0 Å². The molecule has 0 aliphatic rings.